The third kappa shape index (κ3) is 1.79. The second-order valence-corrected chi connectivity index (χ2v) is 6.23. The molecule has 0 radical (unpaired) electrons. The number of amides is 1. The first-order valence-corrected chi connectivity index (χ1v) is 7.63. The first kappa shape index (κ1) is 12.1. The highest BCUT2D eigenvalue weighted by molar-refractivity contribution is 9.10. The molecule has 3 nitrogen and oxygen atoms in total. The maximum Gasteiger partial charge on any atom is 0.228 e. The summed E-state index contributed by atoms with van der Waals surface area (Å²) in [5.41, 5.74) is 4.26. The number of hydrogen-bond donors (Lipinski definition) is 1. The monoisotopic (exact) mass is 328 g/mol. The Bertz CT molecular complexity index is 817. The minimum absolute atomic E-state index is 0.0590. The van der Waals surface area contributed by atoms with Crippen molar-refractivity contribution in [1.29, 1.82) is 0 Å². The van der Waals surface area contributed by atoms with Crippen molar-refractivity contribution in [3.63, 3.8) is 0 Å². The van der Waals surface area contributed by atoms with Crippen LogP contribution in [-0.2, 0) is 4.79 Å². The van der Waals surface area contributed by atoms with E-state index in [1.807, 2.05) is 12.1 Å². The van der Waals surface area contributed by atoms with Gasteiger partial charge in [-0.3, -0.25) is 4.79 Å². The maximum absolute atomic E-state index is 12.1. The van der Waals surface area contributed by atoms with Crippen LogP contribution in [0, 0.1) is 0 Å². The lowest BCUT2D eigenvalue weighted by atomic mass is 9.94. The largest absolute Gasteiger partial charge is 0.326 e. The van der Waals surface area contributed by atoms with Crippen LogP contribution in [-0.4, -0.2) is 5.91 Å². The van der Waals surface area contributed by atoms with Gasteiger partial charge in [0.25, 0.3) is 0 Å². The van der Waals surface area contributed by atoms with Crippen molar-refractivity contribution in [2.24, 2.45) is 4.99 Å². The first-order valence-electron chi connectivity index (χ1n) is 6.84. The van der Waals surface area contributed by atoms with Crippen LogP contribution in [0.15, 0.2) is 50.7 Å². The summed E-state index contributed by atoms with van der Waals surface area (Å²) in [6.07, 6.45) is 5.68. The summed E-state index contributed by atoms with van der Waals surface area (Å²) >= 11 is 3.50. The Hall–Kier alpha value is -1.68. The molecule has 3 aliphatic rings. The zero-order chi connectivity index (χ0) is 13.7. The number of benzene rings is 1. The van der Waals surface area contributed by atoms with E-state index in [2.05, 4.69) is 33.4 Å². The molecular formula is C16H13BrN2O. The van der Waals surface area contributed by atoms with Crippen LogP contribution in [0.2, 0.25) is 0 Å². The topological polar surface area (TPSA) is 41.5 Å². The average molecular weight is 329 g/mol. The summed E-state index contributed by atoms with van der Waals surface area (Å²) in [6, 6.07) is 6.07. The Morgan fingerprint density at radius 1 is 1.25 bits per heavy atom. The highest BCUT2D eigenvalue weighted by Gasteiger charge is 2.27. The highest BCUT2D eigenvalue weighted by Crippen LogP contribution is 2.34. The highest BCUT2D eigenvalue weighted by atomic mass is 79.9. The van der Waals surface area contributed by atoms with E-state index in [1.165, 1.54) is 5.57 Å². The van der Waals surface area contributed by atoms with Crippen molar-refractivity contribution in [2.75, 3.05) is 0 Å². The van der Waals surface area contributed by atoms with Crippen molar-refractivity contribution in [1.82, 2.24) is 5.32 Å². The molecule has 0 saturated heterocycles. The molecule has 20 heavy (non-hydrogen) atoms. The van der Waals surface area contributed by atoms with Crippen molar-refractivity contribution in [2.45, 2.75) is 25.7 Å². The number of allylic oxidation sites excluding steroid dienone is 3. The zero-order valence-corrected chi connectivity index (χ0v) is 12.5. The lowest BCUT2D eigenvalue weighted by molar-refractivity contribution is -0.119. The lowest BCUT2D eigenvalue weighted by Crippen LogP contribution is -2.26. The van der Waals surface area contributed by atoms with E-state index in [1.54, 1.807) is 0 Å². The van der Waals surface area contributed by atoms with Crippen LogP contribution in [0.25, 0.3) is 5.57 Å². The van der Waals surface area contributed by atoms with Crippen LogP contribution in [0.5, 0.6) is 0 Å². The molecule has 1 aromatic carbocycles. The number of halogens is 1. The average Bonchev–Trinajstić information content (AvgIpc) is 2.70. The predicted molar refractivity (Wildman–Crippen MR) is 80.1 cm³/mol. The smallest absolute Gasteiger partial charge is 0.228 e. The molecule has 0 aromatic heterocycles. The third-order valence-corrected chi connectivity index (χ3v) is 4.50. The van der Waals surface area contributed by atoms with Crippen LogP contribution >= 0.6 is 15.9 Å². The van der Waals surface area contributed by atoms with E-state index in [0.717, 1.165) is 51.3 Å². The molecule has 0 saturated carbocycles. The quantitative estimate of drug-likeness (QED) is 0.778. The second kappa shape index (κ2) is 4.42. The molecule has 2 aliphatic heterocycles. The van der Waals surface area contributed by atoms with E-state index in [-0.39, 0.29) is 5.91 Å². The Morgan fingerprint density at radius 3 is 3.05 bits per heavy atom. The van der Waals surface area contributed by atoms with Crippen molar-refractivity contribution in [3.05, 3.63) is 56.3 Å². The number of nitrogens with zero attached hydrogens (tertiary/aromatic N) is 1. The van der Waals surface area contributed by atoms with Crippen LogP contribution < -0.4 is 15.9 Å². The van der Waals surface area contributed by atoms with Crippen molar-refractivity contribution < 1.29 is 4.79 Å². The van der Waals surface area contributed by atoms with Crippen LogP contribution in [0.4, 0.5) is 0 Å². The van der Waals surface area contributed by atoms with Gasteiger partial charge in [0, 0.05) is 21.0 Å². The molecule has 1 N–H and O–H groups in total. The van der Waals surface area contributed by atoms with Gasteiger partial charge in [0.15, 0.2) is 0 Å². The Labute approximate surface area is 124 Å². The molecule has 4 heteroatoms. The van der Waals surface area contributed by atoms with Gasteiger partial charge >= 0.3 is 0 Å². The van der Waals surface area contributed by atoms with Gasteiger partial charge in [-0.2, -0.15) is 0 Å². The summed E-state index contributed by atoms with van der Waals surface area (Å²) in [7, 11) is 0. The molecule has 100 valence electrons. The SMILES string of the molecule is O=C1CC2=c3cc(Br)ccc3=NC2=C2CCCC=C2N1. The second-order valence-electron chi connectivity index (χ2n) is 5.31. The van der Waals surface area contributed by atoms with E-state index >= 15 is 0 Å². The van der Waals surface area contributed by atoms with E-state index < -0.39 is 0 Å². The number of carbonyl (C=O) groups excluding carboxylic acids is 1. The van der Waals surface area contributed by atoms with E-state index in [4.69, 9.17) is 4.99 Å². The van der Waals surface area contributed by atoms with Gasteiger partial charge in [-0.15, -0.1) is 0 Å². The molecular weight excluding hydrogens is 316 g/mol. The summed E-state index contributed by atoms with van der Waals surface area (Å²) in [5.74, 6) is 0.0590. The molecule has 0 atom stereocenters. The standard InChI is InChI=1S/C16H13BrN2O/c17-9-5-6-14-11(7-9)12-8-15(20)18-13-4-2-1-3-10(13)16(12)19-14/h4-7H,1-3,8H2,(H,18,20). The maximum atomic E-state index is 12.1. The van der Waals surface area contributed by atoms with E-state index in [9.17, 15) is 4.79 Å². The minimum atomic E-state index is 0.0590. The fourth-order valence-corrected chi connectivity index (χ4v) is 3.46. The van der Waals surface area contributed by atoms with Gasteiger partial charge in [-0.05, 0) is 43.0 Å². The minimum Gasteiger partial charge on any atom is -0.326 e. The number of hydrogen-bond acceptors (Lipinski definition) is 2. The number of nitrogens with one attached hydrogen (secondary N) is 1. The number of carbonyl (C=O) groups is 1. The first-order chi connectivity index (χ1) is 9.72. The fraction of sp³-hybridized carbons (Fsp3) is 0.250. The molecule has 0 spiro atoms. The summed E-state index contributed by atoms with van der Waals surface area (Å²) < 4.78 is 1.02. The zero-order valence-electron chi connectivity index (χ0n) is 10.9. The molecule has 1 amide bonds. The molecule has 0 fully saturated rings. The van der Waals surface area contributed by atoms with Crippen molar-refractivity contribution in [3.8, 4) is 0 Å². The van der Waals surface area contributed by atoms with Gasteiger partial charge in [0.2, 0.25) is 5.91 Å². The van der Waals surface area contributed by atoms with Gasteiger partial charge < -0.3 is 5.32 Å². The van der Waals surface area contributed by atoms with E-state index in [0.29, 0.717) is 6.42 Å². The van der Waals surface area contributed by atoms with Crippen LogP contribution in [0.1, 0.15) is 25.7 Å². The molecule has 0 unspecified atom stereocenters. The lowest BCUT2D eigenvalue weighted by Gasteiger charge is -2.16. The van der Waals surface area contributed by atoms with Gasteiger partial charge in [-0.25, -0.2) is 4.99 Å². The number of fused-ring (bicyclic) bond motifs is 3. The molecule has 2 heterocycles. The summed E-state index contributed by atoms with van der Waals surface area (Å²) in [5, 5.41) is 5.09. The fourth-order valence-electron chi connectivity index (χ4n) is 3.10. The summed E-state index contributed by atoms with van der Waals surface area (Å²) in [4.78, 5) is 16.9. The van der Waals surface area contributed by atoms with Gasteiger partial charge in [0.05, 0.1) is 17.5 Å². The molecule has 1 aliphatic carbocycles. The van der Waals surface area contributed by atoms with Gasteiger partial charge in [0.1, 0.15) is 0 Å². The number of rotatable bonds is 0. The van der Waals surface area contributed by atoms with Crippen molar-refractivity contribution >= 4 is 27.4 Å². The predicted octanol–water partition coefficient (Wildman–Crippen LogP) is 2.07. The van der Waals surface area contributed by atoms with Crippen LogP contribution in [0.3, 0.4) is 0 Å². The third-order valence-electron chi connectivity index (χ3n) is 4.00. The Kier molecular flexibility index (Phi) is 2.67. The molecule has 1 aromatic rings. The molecule has 0 bridgehead atoms. The summed E-state index contributed by atoms with van der Waals surface area (Å²) in [6.45, 7) is 0. The normalized spacial score (nSPS) is 20.4. The Morgan fingerprint density at radius 2 is 2.15 bits per heavy atom. The molecule has 4 rings (SSSR count). The Balaban J connectivity index is 2.07. The van der Waals surface area contributed by atoms with Gasteiger partial charge in [-0.1, -0.05) is 22.0 Å².